The molecule has 0 aliphatic heterocycles. The van der Waals surface area contributed by atoms with E-state index in [0.29, 0.717) is 0 Å². The highest BCUT2D eigenvalue weighted by Crippen LogP contribution is 2.33. The number of allylic oxidation sites excluding steroid dienone is 2. The molecule has 74 valence electrons. The zero-order chi connectivity index (χ0) is 9.68. The molecule has 0 unspecified atom stereocenters. The van der Waals surface area contributed by atoms with Gasteiger partial charge in [0, 0.05) is 6.54 Å². The van der Waals surface area contributed by atoms with Gasteiger partial charge < -0.3 is 5.32 Å². The first-order valence-electron chi connectivity index (χ1n) is 5.35. The van der Waals surface area contributed by atoms with Gasteiger partial charge in [0.2, 0.25) is 0 Å². The summed E-state index contributed by atoms with van der Waals surface area (Å²) in [5.74, 6) is 0.759. The van der Waals surface area contributed by atoms with Crippen LogP contribution in [0.4, 0.5) is 0 Å². The van der Waals surface area contributed by atoms with Crippen LogP contribution in [0.25, 0.3) is 0 Å². The second-order valence-corrected chi connectivity index (χ2v) is 3.89. The smallest absolute Gasteiger partial charge is 0.0113 e. The van der Waals surface area contributed by atoms with Gasteiger partial charge in [-0.3, -0.25) is 0 Å². The minimum absolute atomic E-state index is 0.759. The summed E-state index contributed by atoms with van der Waals surface area (Å²) in [6.45, 7) is 9.45. The predicted molar refractivity (Wildman–Crippen MR) is 58.5 cm³/mol. The molecule has 0 heterocycles. The fourth-order valence-electron chi connectivity index (χ4n) is 1.94. The second-order valence-electron chi connectivity index (χ2n) is 3.89. The van der Waals surface area contributed by atoms with Crippen LogP contribution >= 0.6 is 0 Å². The molecule has 0 radical (unpaired) electrons. The summed E-state index contributed by atoms with van der Waals surface area (Å²) in [5, 5.41) is 3.23. The van der Waals surface area contributed by atoms with Crippen molar-refractivity contribution >= 4 is 0 Å². The van der Waals surface area contributed by atoms with Crippen molar-refractivity contribution in [3.63, 3.8) is 0 Å². The van der Waals surface area contributed by atoms with Gasteiger partial charge in [-0.15, -0.1) is 0 Å². The third-order valence-electron chi connectivity index (χ3n) is 2.88. The lowest BCUT2D eigenvalue weighted by molar-refractivity contribution is 0.650. The average Bonchev–Trinajstić information content (AvgIpc) is 2.65. The molecular weight excluding hydrogens is 158 g/mol. The standard InChI is InChI=1S/C12H21N/c1-4-13-9-10(2)11(3)12-7-5-6-8-12/h9,12-13H,3-8H2,1-2H3/b10-9-. The first-order chi connectivity index (χ1) is 6.25. The number of rotatable bonds is 4. The van der Waals surface area contributed by atoms with Gasteiger partial charge in [0.05, 0.1) is 0 Å². The van der Waals surface area contributed by atoms with Crippen LogP contribution in [0.3, 0.4) is 0 Å². The fraction of sp³-hybridized carbons (Fsp3) is 0.667. The van der Waals surface area contributed by atoms with Gasteiger partial charge in [0.15, 0.2) is 0 Å². The van der Waals surface area contributed by atoms with E-state index < -0.39 is 0 Å². The van der Waals surface area contributed by atoms with Crippen LogP contribution in [0.15, 0.2) is 23.9 Å². The molecule has 1 nitrogen and oxygen atoms in total. The molecule has 0 aromatic carbocycles. The van der Waals surface area contributed by atoms with Crippen LogP contribution in [0.2, 0.25) is 0 Å². The van der Waals surface area contributed by atoms with Gasteiger partial charge in [0.25, 0.3) is 0 Å². The van der Waals surface area contributed by atoms with E-state index in [9.17, 15) is 0 Å². The van der Waals surface area contributed by atoms with Crippen molar-refractivity contribution in [3.8, 4) is 0 Å². The molecule has 1 rings (SSSR count). The van der Waals surface area contributed by atoms with Gasteiger partial charge in [-0.2, -0.15) is 0 Å². The minimum Gasteiger partial charge on any atom is -0.391 e. The lowest BCUT2D eigenvalue weighted by atomic mass is 9.94. The predicted octanol–water partition coefficient (Wildman–Crippen LogP) is 3.25. The largest absolute Gasteiger partial charge is 0.391 e. The Hall–Kier alpha value is -0.720. The molecule has 0 aromatic heterocycles. The summed E-state index contributed by atoms with van der Waals surface area (Å²) < 4.78 is 0. The number of hydrogen-bond acceptors (Lipinski definition) is 1. The Kier molecular flexibility index (Phi) is 4.07. The molecule has 0 saturated heterocycles. The van der Waals surface area contributed by atoms with E-state index in [4.69, 9.17) is 0 Å². The Bertz CT molecular complexity index is 197. The summed E-state index contributed by atoms with van der Waals surface area (Å²) in [5.41, 5.74) is 2.67. The minimum atomic E-state index is 0.759. The Labute approximate surface area is 81.9 Å². The lowest BCUT2D eigenvalue weighted by Gasteiger charge is -2.13. The molecule has 1 aliphatic rings. The highest BCUT2D eigenvalue weighted by atomic mass is 14.8. The summed E-state index contributed by atoms with van der Waals surface area (Å²) >= 11 is 0. The normalized spacial score (nSPS) is 19.1. The zero-order valence-corrected chi connectivity index (χ0v) is 8.90. The highest BCUT2D eigenvalue weighted by molar-refractivity contribution is 5.28. The summed E-state index contributed by atoms with van der Waals surface area (Å²) in [6, 6.07) is 0. The quantitative estimate of drug-likeness (QED) is 0.653. The molecule has 0 amide bonds. The van der Waals surface area contributed by atoms with E-state index >= 15 is 0 Å². The molecule has 0 bridgehead atoms. The highest BCUT2D eigenvalue weighted by Gasteiger charge is 2.18. The Morgan fingerprint density at radius 1 is 1.46 bits per heavy atom. The average molecular weight is 179 g/mol. The van der Waals surface area contributed by atoms with Crippen LogP contribution in [-0.2, 0) is 0 Å². The third kappa shape index (κ3) is 2.91. The maximum Gasteiger partial charge on any atom is 0.0113 e. The van der Waals surface area contributed by atoms with Crippen LogP contribution < -0.4 is 5.32 Å². The van der Waals surface area contributed by atoms with Gasteiger partial charge in [-0.1, -0.05) is 19.4 Å². The van der Waals surface area contributed by atoms with Crippen molar-refractivity contribution < 1.29 is 0 Å². The zero-order valence-electron chi connectivity index (χ0n) is 8.90. The maximum atomic E-state index is 4.18. The van der Waals surface area contributed by atoms with Crippen LogP contribution in [0, 0.1) is 5.92 Å². The van der Waals surface area contributed by atoms with Gasteiger partial charge in [-0.25, -0.2) is 0 Å². The molecule has 1 fully saturated rings. The Morgan fingerprint density at radius 2 is 2.08 bits per heavy atom. The summed E-state index contributed by atoms with van der Waals surface area (Å²) in [6.07, 6.45) is 7.56. The molecule has 0 aromatic rings. The maximum absolute atomic E-state index is 4.18. The molecule has 0 spiro atoms. The van der Waals surface area contributed by atoms with E-state index in [1.807, 2.05) is 0 Å². The van der Waals surface area contributed by atoms with Crippen LogP contribution in [-0.4, -0.2) is 6.54 Å². The van der Waals surface area contributed by atoms with E-state index in [2.05, 4.69) is 31.9 Å². The van der Waals surface area contributed by atoms with Gasteiger partial charge in [-0.05, 0) is 50.0 Å². The Morgan fingerprint density at radius 3 is 2.62 bits per heavy atom. The first kappa shape index (κ1) is 10.4. The summed E-state index contributed by atoms with van der Waals surface area (Å²) in [7, 11) is 0. The third-order valence-corrected chi connectivity index (χ3v) is 2.88. The van der Waals surface area contributed by atoms with Crippen molar-refractivity contribution in [2.75, 3.05) is 6.54 Å². The van der Waals surface area contributed by atoms with Crippen molar-refractivity contribution in [1.82, 2.24) is 5.32 Å². The monoisotopic (exact) mass is 179 g/mol. The Balaban J connectivity index is 2.45. The number of hydrogen-bond donors (Lipinski definition) is 1. The molecule has 1 heteroatoms. The van der Waals surface area contributed by atoms with Crippen molar-refractivity contribution in [2.45, 2.75) is 39.5 Å². The topological polar surface area (TPSA) is 12.0 Å². The molecule has 1 N–H and O–H groups in total. The number of nitrogens with one attached hydrogen (secondary N) is 1. The van der Waals surface area contributed by atoms with E-state index in [0.717, 1.165) is 12.5 Å². The summed E-state index contributed by atoms with van der Waals surface area (Å²) in [4.78, 5) is 0. The molecule has 1 saturated carbocycles. The van der Waals surface area contributed by atoms with Crippen molar-refractivity contribution in [1.29, 1.82) is 0 Å². The van der Waals surface area contributed by atoms with E-state index in [1.165, 1.54) is 36.8 Å². The molecule has 1 aliphatic carbocycles. The second kappa shape index (κ2) is 5.11. The fourth-order valence-corrected chi connectivity index (χ4v) is 1.94. The van der Waals surface area contributed by atoms with E-state index in [-0.39, 0.29) is 0 Å². The van der Waals surface area contributed by atoms with E-state index in [1.54, 1.807) is 0 Å². The first-order valence-corrected chi connectivity index (χ1v) is 5.35. The van der Waals surface area contributed by atoms with Gasteiger partial charge in [0.1, 0.15) is 0 Å². The molecular formula is C12H21N. The van der Waals surface area contributed by atoms with Crippen LogP contribution in [0.1, 0.15) is 39.5 Å². The SMILES string of the molecule is C=C(/C(C)=C\NCC)C1CCCC1. The van der Waals surface area contributed by atoms with Crippen LogP contribution in [0.5, 0.6) is 0 Å². The molecule has 13 heavy (non-hydrogen) atoms. The molecule has 0 atom stereocenters. The van der Waals surface area contributed by atoms with Crippen molar-refractivity contribution in [2.24, 2.45) is 5.92 Å². The van der Waals surface area contributed by atoms with Crippen molar-refractivity contribution in [3.05, 3.63) is 23.9 Å². The van der Waals surface area contributed by atoms with Gasteiger partial charge >= 0.3 is 0 Å². The lowest BCUT2D eigenvalue weighted by Crippen LogP contribution is -2.06.